The summed E-state index contributed by atoms with van der Waals surface area (Å²) in [5.41, 5.74) is 7.20. The van der Waals surface area contributed by atoms with E-state index in [0.29, 0.717) is 0 Å². The Bertz CT molecular complexity index is 373. The van der Waals surface area contributed by atoms with Gasteiger partial charge in [0, 0.05) is 16.1 Å². The monoisotopic (exact) mass is 329 g/mol. The van der Waals surface area contributed by atoms with Crippen molar-refractivity contribution in [3.8, 4) is 0 Å². The van der Waals surface area contributed by atoms with E-state index >= 15 is 0 Å². The SMILES string of the molecule is CCCCCCCCCCC(N)Cc1c(Cl)cccc1Cl. The van der Waals surface area contributed by atoms with Crippen LogP contribution in [0, 0.1) is 0 Å². The number of rotatable bonds is 11. The Morgan fingerprint density at radius 2 is 1.43 bits per heavy atom. The first-order valence-electron chi connectivity index (χ1n) is 8.33. The quantitative estimate of drug-likeness (QED) is 0.467. The van der Waals surface area contributed by atoms with E-state index in [1.807, 2.05) is 18.2 Å². The molecule has 1 atom stereocenters. The van der Waals surface area contributed by atoms with E-state index < -0.39 is 0 Å². The van der Waals surface area contributed by atoms with Crippen molar-refractivity contribution in [3.63, 3.8) is 0 Å². The fourth-order valence-electron chi connectivity index (χ4n) is 2.63. The summed E-state index contributed by atoms with van der Waals surface area (Å²) in [6.45, 7) is 2.26. The molecule has 0 heterocycles. The first-order valence-corrected chi connectivity index (χ1v) is 9.09. The zero-order valence-corrected chi connectivity index (χ0v) is 14.7. The van der Waals surface area contributed by atoms with Crippen LogP contribution >= 0.6 is 23.2 Å². The van der Waals surface area contributed by atoms with Gasteiger partial charge in [-0.1, -0.05) is 87.6 Å². The maximum atomic E-state index is 6.21. The van der Waals surface area contributed by atoms with Gasteiger partial charge >= 0.3 is 0 Å². The van der Waals surface area contributed by atoms with E-state index in [4.69, 9.17) is 28.9 Å². The molecule has 120 valence electrons. The lowest BCUT2D eigenvalue weighted by Gasteiger charge is -2.14. The number of benzene rings is 1. The van der Waals surface area contributed by atoms with Crippen LogP contribution in [0.4, 0.5) is 0 Å². The molecule has 0 radical (unpaired) electrons. The minimum absolute atomic E-state index is 0.155. The molecular weight excluding hydrogens is 301 g/mol. The van der Waals surface area contributed by atoms with Gasteiger partial charge in [0.15, 0.2) is 0 Å². The fraction of sp³-hybridized carbons (Fsp3) is 0.667. The smallest absolute Gasteiger partial charge is 0.0453 e. The highest BCUT2D eigenvalue weighted by atomic mass is 35.5. The van der Waals surface area contributed by atoms with Crippen molar-refractivity contribution in [1.29, 1.82) is 0 Å². The Morgan fingerprint density at radius 1 is 0.905 bits per heavy atom. The molecule has 0 fully saturated rings. The topological polar surface area (TPSA) is 26.0 Å². The van der Waals surface area contributed by atoms with Crippen LogP contribution in [0.15, 0.2) is 18.2 Å². The third-order valence-corrected chi connectivity index (χ3v) is 4.66. The Kier molecular flexibility index (Phi) is 10.2. The molecule has 1 unspecified atom stereocenters. The Balaban J connectivity index is 2.13. The lowest BCUT2D eigenvalue weighted by Crippen LogP contribution is -2.23. The van der Waals surface area contributed by atoms with Crippen molar-refractivity contribution in [2.45, 2.75) is 77.2 Å². The molecule has 1 aromatic rings. The molecular formula is C18H29Cl2N. The van der Waals surface area contributed by atoms with E-state index in [9.17, 15) is 0 Å². The van der Waals surface area contributed by atoms with Gasteiger partial charge in [-0.25, -0.2) is 0 Å². The van der Waals surface area contributed by atoms with Gasteiger partial charge in [-0.15, -0.1) is 0 Å². The highest BCUT2D eigenvalue weighted by Gasteiger charge is 2.10. The molecule has 0 aliphatic rings. The summed E-state index contributed by atoms with van der Waals surface area (Å²) in [6.07, 6.45) is 12.5. The third kappa shape index (κ3) is 8.09. The molecule has 0 spiro atoms. The van der Waals surface area contributed by atoms with Crippen LogP contribution in [-0.2, 0) is 6.42 Å². The fourth-order valence-corrected chi connectivity index (χ4v) is 3.18. The first kappa shape index (κ1) is 18.8. The molecule has 0 amide bonds. The van der Waals surface area contributed by atoms with Crippen molar-refractivity contribution in [3.05, 3.63) is 33.8 Å². The van der Waals surface area contributed by atoms with Gasteiger partial charge in [0.2, 0.25) is 0 Å². The van der Waals surface area contributed by atoms with E-state index in [1.54, 1.807) is 0 Å². The summed E-state index contributed by atoms with van der Waals surface area (Å²) in [6, 6.07) is 5.79. The summed E-state index contributed by atoms with van der Waals surface area (Å²) in [4.78, 5) is 0. The van der Waals surface area contributed by atoms with Gasteiger partial charge < -0.3 is 5.73 Å². The zero-order valence-electron chi connectivity index (χ0n) is 13.2. The zero-order chi connectivity index (χ0) is 15.5. The van der Waals surface area contributed by atoms with Crippen LogP contribution < -0.4 is 5.73 Å². The molecule has 1 rings (SSSR count). The molecule has 2 N–H and O–H groups in total. The maximum Gasteiger partial charge on any atom is 0.0453 e. The van der Waals surface area contributed by atoms with E-state index in [0.717, 1.165) is 28.5 Å². The highest BCUT2D eigenvalue weighted by Crippen LogP contribution is 2.26. The van der Waals surface area contributed by atoms with Crippen LogP contribution in [0.2, 0.25) is 10.0 Å². The largest absolute Gasteiger partial charge is 0.327 e. The van der Waals surface area contributed by atoms with Crippen LogP contribution in [-0.4, -0.2) is 6.04 Å². The van der Waals surface area contributed by atoms with Gasteiger partial charge in [-0.05, 0) is 30.5 Å². The summed E-state index contributed by atoms with van der Waals surface area (Å²) in [5.74, 6) is 0. The predicted octanol–water partition coefficient (Wildman–Crippen LogP) is 6.39. The molecule has 0 saturated heterocycles. The Hall–Kier alpha value is -0.240. The molecule has 0 aliphatic heterocycles. The molecule has 1 aromatic carbocycles. The van der Waals surface area contributed by atoms with Crippen LogP contribution in [0.5, 0.6) is 0 Å². The first-order chi connectivity index (χ1) is 10.1. The van der Waals surface area contributed by atoms with Gasteiger partial charge in [-0.3, -0.25) is 0 Å². The Morgan fingerprint density at radius 3 is 2.00 bits per heavy atom. The van der Waals surface area contributed by atoms with Crippen molar-refractivity contribution < 1.29 is 0 Å². The molecule has 0 aromatic heterocycles. The molecule has 1 nitrogen and oxygen atoms in total. The van der Waals surface area contributed by atoms with Gasteiger partial charge in [0.25, 0.3) is 0 Å². The van der Waals surface area contributed by atoms with Crippen molar-refractivity contribution in [2.75, 3.05) is 0 Å². The molecule has 21 heavy (non-hydrogen) atoms. The second-order valence-corrected chi connectivity index (χ2v) is 6.74. The van der Waals surface area contributed by atoms with Gasteiger partial charge in [-0.2, -0.15) is 0 Å². The van der Waals surface area contributed by atoms with Crippen LogP contribution in [0.25, 0.3) is 0 Å². The molecule has 0 aliphatic carbocycles. The van der Waals surface area contributed by atoms with Gasteiger partial charge in [0.1, 0.15) is 0 Å². The average Bonchev–Trinajstić information content (AvgIpc) is 2.46. The minimum Gasteiger partial charge on any atom is -0.327 e. The second kappa shape index (κ2) is 11.3. The summed E-state index contributed by atoms with van der Waals surface area (Å²) in [7, 11) is 0. The summed E-state index contributed by atoms with van der Waals surface area (Å²) < 4.78 is 0. The van der Waals surface area contributed by atoms with E-state index in [-0.39, 0.29) is 6.04 Å². The number of nitrogens with two attached hydrogens (primary N) is 1. The number of hydrogen-bond donors (Lipinski definition) is 1. The minimum atomic E-state index is 0.155. The average molecular weight is 330 g/mol. The molecule has 3 heteroatoms. The predicted molar refractivity (Wildman–Crippen MR) is 95.4 cm³/mol. The third-order valence-electron chi connectivity index (χ3n) is 3.96. The lowest BCUT2D eigenvalue weighted by molar-refractivity contribution is 0.525. The van der Waals surface area contributed by atoms with Crippen LogP contribution in [0.1, 0.15) is 70.3 Å². The van der Waals surface area contributed by atoms with Crippen molar-refractivity contribution >= 4 is 23.2 Å². The maximum absolute atomic E-state index is 6.21. The summed E-state index contributed by atoms with van der Waals surface area (Å²) in [5, 5.41) is 1.46. The number of unbranched alkanes of at least 4 members (excludes halogenated alkanes) is 7. The van der Waals surface area contributed by atoms with E-state index in [1.165, 1.54) is 51.4 Å². The van der Waals surface area contributed by atoms with Gasteiger partial charge in [0.05, 0.1) is 0 Å². The normalized spacial score (nSPS) is 12.6. The summed E-state index contributed by atoms with van der Waals surface area (Å²) >= 11 is 12.4. The molecule has 0 bridgehead atoms. The number of hydrogen-bond acceptors (Lipinski definition) is 1. The highest BCUT2D eigenvalue weighted by molar-refractivity contribution is 6.35. The van der Waals surface area contributed by atoms with Crippen LogP contribution in [0.3, 0.4) is 0 Å². The second-order valence-electron chi connectivity index (χ2n) is 5.93. The lowest BCUT2D eigenvalue weighted by atomic mass is 10.00. The van der Waals surface area contributed by atoms with E-state index in [2.05, 4.69) is 6.92 Å². The van der Waals surface area contributed by atoms with Crippen molar-refractivity contribution in [1.82, 2.24) is 0 Å². The molecule has 0 saturated carbocycles. The Labute approximate surface area is 140 Å². The van der Waals surface area contributed by atoms with Crippen molar-refractivity contribution in [2.24, 2.45) is 5.73 Å². The standard InChI is InChI=1S/C18H29Cl2N/c1-2-3-4-5-6-7-8-9-11-15(21)14-16-17(19)12-10-13-18(16)20/h10,12-13,15H,2-9,11,14,21H2,1H3. The number of halogens is 2.